The molecule has 2 fully saturated rings. The van der Waals surface area contributed by atoms with Crippen LogP contribution in [0.4, 0.5) is 19.6 Å². The standard InChI is InChI=1S/C32H34F2N8O2S/c1-5-24(43)42-13-11-23(17(42)3)40(4)31-21-15-37-27(19-9-10-22(33)29-25(19)20(14-35)30(36)45-29)26(34)28(21)38-32(39-31)44-16-18-8-7-12-41(18)6-2/h5,9-10,15,17-18,23H,1,6-8,11-13,16,36H2,2-4H3. The summed E-state index contributed by atoms with van der Waals surface area (Å²) in [6, 6.07) is 4.57. The number of amides is 1. The van der Waals surface area contributed by atoms with E-state index in [1.54, 1.807) is 4.90 Å². The van der Waals surface area contributed by atoms with Crippen molar-refractivity contribution in [1.29, 1.82) is 5.26 Å². The third kappa shape index (κ3) is 5.21. The number of nitrogen functional groups attached to an aromatic ring is 1. The number of likely N-dealkylation sites (N-methyl/N-ethyl adjacent to an activating group) is 2. The number of hydrogen-bond acceptors (Lipinski definition) is 10. The van der Waals surface area contributed by atoms with E-state index in [1.165, 1.54) is 24.4 Å². The molecule has 0 radical (unpaired) electrons. The molecule has 10 nitrogen and oxygen atoms in total. The van der Waals surface area contributed by atoms with E-state index in [0.29, 0.717) is 30.8 Å². The largest absolute Gasteiger partial charge is 0.462 e. The van der Waals surface area contributed by atoms with Gasteiger partial charge in [-0.25, -0.2) is 8.78 Å². The van der Waals surface area contributed by atoms with Crippen LogP contribution in [0.15, 0.2) is 31.0 Å². The van der Waals surface area contributed by atoms with Crippen LogP contribution in [0.25, 0.3) is 32.2 Å². The number of ether oxygens (including phenoxy) is 1. The van der Waals surface area contributed by atoms with E-state index in [0.717, 1.165) is 37.3 Å². The predicted octanol–water partition coefficient (Wildman–Crippen LogP) is 5.11. The Kier molecular flexibility index (Phi) is 8.28. The highest BCUT2D eigenvalue weighted by atomic mass is 32.1. The van der Waals surface area contributed by atoms with Crippen LogP contribution in [0.3, 0.4) is 0 Å². The Morgan fingerprint density at radius 1 is 1.31 bits per heavy atom. The number of aromatic nitrogens is 3. The molecule has 4 aromatic rings. The maximum Gasteiger partial charge on any atom is 0.319 e. The highest BCUT2D eigenvalue weighted by Crippen LogP contribution is 2.42. The van der Waals surface area contributed by atoms with Crippen molar-refractivity contribution in [2.45, 2.75) is 51.2 Å². The van der Waals surface area contributed by atoms with Crippen LogP contribution in [0.1, 0.15) is 38.7 Å². The summed E-state index contributed by atoms with van der Waals surface area (Å²) < 4.78 is 37.7. The number of nitriles is 1. The first kappa shape index (κ1) is 30.6. The summed E-state index contributed by atoms with van der Waals surface area (Å²) in [5.41, 5.74) is 6.23. The Bertz CT molecular complexity index is 1860. The molecule has 13 heteroatoms. The molecule has 2 N–H and O–H groups in total. The van der Waals surface area contributed by atoms with Crippen LogP contribution >= 0.6 is 11.3 Å². The lowest BCUT2D eigenvalue weighted by Crippen LogP contribution is -2.43. The quantitative estimate of drug-likeness (QED) is 0.264. The minimum Gasteiger partial charge on any atom is -0.462 e. The van der Waals surface area contributed by atoms with E-state index in [9.17, 15) is 14.4 Å². The van der Waals surface area contributed by atoms with Crippen molar-refractivity contribution >= 4 is 49.1 Å². The Hall–Kier alpha value is -4.41. The van der Waals surface area contributed by atoms with Gasteiger partial charge in [-0.1, -0.05) is 13.5 Å². The number of hydrogen-bond donors (Lipinski definition) is 1. The van der Waals surface area contributed by atoms with Crippen molar-refractivity contribution in [3.63, 3.8) is 0 Å². The molecule has 2 aliphatic rings. The van der Waals surface area contributed by atoms with Gasteiger partial charge in [-0.15, -0.1) is 11.3 Å². The number of rotatable bonds is 8. The van der Waals surface area contributed by atoms with Crippen molar-refractivity contribution in [2.24, 2.45) is 0 Å². The molecule has 0 aliphatic carbocycles. The van der Waals surface area contributed by atoms with Gasteiger partial charge in [0.05, 0.1) is 21.7 Å². The number of anilines is 2. The fourth-order valence-corrected chi connectivity index (χ4v) is 7.69. The molecule has 3 unspecified atom stereocenters. The SMILES string of the molecule is C=CC(=O)N1CCC(N(C)c2nc(OCC3CCCN3CC)nc3c(F)c(-c4ccc(F)c5sc(N)c(C#N)c45)ncc23)C1C. The first-order chi connectivity index (χ1) is 21.7. The highest BCUT2D eigenvalue weighted by Gasteiger charge is 2.37. The van der Waals surface area contributed by atoms with Crippen LogP contribution < -0.4 is 15.4 Å². The van der Waals surface area contributed by atoms with Gasteiger partial charge < -0.3 is 20.3 Å². The van der Waals surface area contributed by atoms with E-state index in [1.807, 2.05) is 24.9 Å². The number of carbonyl (C=O) groups is 1. The van der Waals surface area contributed by atoms with Crippen molar-refractivity contribution in [1.82, 2.24) is 24.8 Å². The maximum absolute atomic E-state index is 16.7. The van der Waals surface area contributed by atoms with Crippen molar-refractivity contribution in [2.75, 3.05) is 43.9 Å². The molecule has 3 aromatic heterocycles. The molecule has 3 atom stereocenters. The molecular weight excluding hydrogens is 598 g/mol. The van der Waals surface area contributed by atoms with Gasteiger partial charge >= 0.3 is 6.01 Å². The molecule has 6 rings (SSSR count). The molecule has 5 heterocycles. The van der Waals surface area contributed by atoms with E-state index >= 15 is 4.39 Å². The number of carbonyl (C=O) groups excluding carboxylic acids is 1. The van der Waals surface area contributed by atoms with Gasteiger partial charge in [0.1, 0.15) is 40.5 Å². The summed E-state index contributed by atoms with van der Waals surface area (Å²) in [5.74, 6) is -1.05. The number of halogens is 2. The minimum absolute atomic E-state index is 0.0190. The first-order valence-corrected chi connectivity index (χ1v) is 15.8. The topological polar surface area (TPSA) is 125 Å². The molecular formula is C32H34F2N8O2S. The lowest BCUT2D eigenvalue weighted by atomic mass is 10.0. The maximum atomic E-state index is 16.7. The lowest BCUT2D eigenvalue weighted by Gasteiger charge is -2.32. The Balaban J connectivity index is 1.48. The number of benzene rings is 1. The van der Waals surface area contributed by atoms with Crippen molar-refractivity contribution in [3.8, 4) is 23.3 Å². The van der Waals surface area contributed by atoms with E-state index in [-0.39, 0.29) is 67.5 Å². The summed E-state index contributed by atoms with van der Waals surface area (Å²) in [5, 5.41) is 10.5. The predicted molar refractivity (Wildman–Crippen MR) is 171 cm³/mol. The van der Waals surface area contributed by atoms with Gasteiger partial charge in [0.2, 0.25) is 5.91 Å². The summed E-state index contributed by atoms with van der Waals surface area (Å²) in [4.78, 5) is 32.2. The average molecular weight is 633 g/mol. The number of nitrogens with zero attached hydrogens (tertiary/aromatic N) is 7. The molecule has 234 valence electrons. The fourth-order valence-electron chi connectivity index (χ4n) is 6.74. The lowest BCUT2D eigenvalue weighted by molar-refractivity contribution is -0.126. The smallest absolute Gasteiger partial charge is 0.319 e. The van der Waals surface area contributed by atoms with E-state index in [2.05, 4.69) is 28.4 Å². The van der Waals surface area contributed by atoms with Gasteiger partial charge in [-0.2, -0.15) is 15.2 Å². The van der Waals surface area contributed by atoms with Crippen LogP contribution in [0, 0.1) is 23.0 Å². The summed E-state index contributed by atoms with van der Waals surface area (Å²) in [6.45, 7) is 10.5. The first-order valence-electron chi connectivity index (χ1n) is 15.0. The molecule has 2 aliphatic heterocycles. The van der Waals surface area contributed by atoms with Crippen molar-refractivity contribution in [3.05, 3.63) is 48.2 Å². The molecule has 0 spiro atoms. The average Bonchev–Trinajstić information content (AvgIpc) is 3.76. The van der Waals surface area contributed by atoms with Gasteiger partial charge in [-0.3, -0.25) is 14.7 Å². The summed E-state index contributed by atoms with van der Waals surface area (Å²) >= 11 is 0.935. The molecule has 2 saturated heterocycles. The summed E-state index contributed by atoms with van der Waals surface area (Å²) in [7, 11) is 1.85. The zero-order chi connectivity index (χ0) is 32.0. The zero-order valence-electron chi connectivity index (χ0n) is 25.4. The third-order valence-corrected chi connectivity index (χ3v) is 10.2. The Morgan fingerprint density at radius 3 is 2.84 bits per heavy atom. The van der Waals surface area contributed by atoms with E-state index in [4.69, 9.17) is 15.5 Å². The van der Waals surface area contributed by atoms with Gasteiger partial charge in [-0.05, 0) is 57.5 Å². The van der Waals surface area contributed by atoms with Gasteiger partial charge in [0.15, 0.2) is 5.82 Å². The molecule has 1 aromatic carbocycles. The number of likely N-dealkylation sites (tertiary alicyclic amines) is 2. The normalized spacial score (nSPS) is 20.2. The number of thiophene rings is 1. The molecule has 0 bridgehead atoms. The molecule has 0 saturated carbocycles. The van der Waals surface area contributed by atoms with Crippen LogP contribution in [0.5, 0.6) is 6.01 Å². The highest BCUT2D eigenvalue weighted by molar-refractivity contribution is 7.23. The number of pyridine rings is 1. The van der Waals surface area contributed by atoms with Crippen LogP contribution in [0.2, 0.25) is 0 Å². The zero-order valence-corrected chi connectivity index (χ0v) is 26.2. The Labute approximate surface area is 263 Å². The second-order valence-electron chi connectivity index (χ2n) is 11.4. The number of nitrogens with two attached hydrogens (primary N) is 1. The van der Waals surface area contributed by atoms with Crippen LogP contribution in [-0.2, 0) is 4.79 Å². The number of fused-ring (bicyclic) bond motifs is 2. The monoisotopic (exact) mass is 632 g/mol. The van der Waals surface area contributed by atoms with Crippen LogP contribution in [-0.4, -0.2) is 82.1 Å². The Morgan fingerprint density at radius 2 is 2.11 bits per heavy atom. The second kappa shape index (κ2) is 12.2. The summed E-state index contributed by atoms with van der Waals surface area (Å²) in [6.07, 6.45) is 5.52. The third-order valence-electron chi connectivity index (χ3n) is 9.14. The fraction of sp³-hybridized carbons (Fsp3) is 0.406. The molecule has 1 amide bonds. The van der Waals surface area contributed by atoms with E-state index < -0.39 is 11.6 Å². The molecule has 45 heavy (non-hydrogen) atoms. The second-order valence-corrected chi connectivity index (χ2v) is 12.5. The van der Waals surface area contributed by atoms with Gasteiger partial charge in [0, 0.05) is 42.8 Å². The van der Waals surface area contributed by atoms with Crippen molar-refractivity contribution < 1.29 is 18.3 Å². The van der Waals surface area contributed by atoms with Gasteiger partial charge in [0.25, 0.3) is 0 Å². The minimum atomic E-state index is -0.755.